The van der Waals surface area contributed by atoms with Crippen molar-refractivity contribution in [2.75, 3.05) is 0 Å². The molecule has 0 saturated heterocycles. The molecule has 0 spiro atoms. The van der Waals surface area contributed by atoms with Gasteiger partial charge in [-0.3, -0.25) is 0 Å². The highest BCUT2D eigenvalue weighted by Gasteiger charge is 2.31. The average molecular weight is 333 g/mol. The zero-order valence-corrected chi connectivity index (χ0v) is 14.5. The van der Waals surface area contributed by atoms with Crippen LogP contribution in [0.2, 0.25) is 0 Å². The number of aromatic nitrogens is 1. The zero-order chi connectivity index (χ0) is 17.1. The van der Waals surface area contributed by atoms with Gasteiger partial charge in [0.25, 0.3) is 0 Å². The summed E-state index contributed by atoms with van der Waals surface area (Å²) in [6.45, 7) is 2.86. The minimum atomic E-state index is 0.314. The zero-order valence-electron chi connectivity index (χ0n) is 14.5. The first-order valence-electron chi connectivity index (χ1n) is 8.95. The van der Waals surface area contributed by atoms with Gasteiger partial charge in [0.15, 0.2) is 0 Å². The summed E-state index contributed by atoms with van der Waals surface area (Å²) in [6, 6.07) is 13.6. The first kappa shape index (κ1) is 16.1. The highest BCUT2D eigenvalue weighted by atomic mass is 16.5. The van der Waals surface area contributed by atoms with Crippen molar-refractivity contribution < 1.29 is 9.47 Å². The summed E-state index contributed by atoms with van der Waals surface area (Å²) < 4.78 is 12.0. The summed E-state index contributed by atoms with van der Waals surface area (Å²) in [5.74, 6) is 1.94. The molecule has 25 heavy (non-hydrogen) atoms. The lowest BCUT2D eigenvalue weighted by atomic mass is 9.82. The normalized spacial score (nSPS) is 22.1. The van der Waals surface area contributed by atoms with Gasteiger partial charge in [0.1, 0.15) is 5.75 Å². The smallest absolute Gasteiger partial charge is 0.219 e. The first-order chi connectivity index (χ1) is 12.3. The van der Waals surface area contributed by atoms with Crippen molar-refractivity contribution in [3.8, 4) is 11.6 Å². The van der Waals surface area contributed by atoms with E-state index >= 15 is 0 Å². The van der Waals surface area contributed by atoms with Crippen LogP contribution in [0.25, 0.3) is 0 Å². The van der Waals surface area contributed by atoms with E-state index in [4.69, 9.17) is 9.47 Å². The van der Waals surface area contributed by atoms with E-state index < -0.39 is 0 Å². The Morgan fingerprint density at radius 2 is 2.00 bits per heavy atom. The molecule has 0 unspecified atom stereocenters. The molecule has 0 aliphatic heterocycles. The van der Waals surface area contributed by atoms with Crippen LogP contribution in [-0.4, -0.2) is 11.1 Å². The quantitative estimate of drug-likeness (QED) is 0.729. The number of fused-ring (bicyclic) bond motifs is 1. The van der Waals surface area contributed by atoms with Crippen LogP contribution in [-0.2, 0) is 11.3 Å². The van der Waals surface area contributed by atoms with Gasteiger partial charge in [-0.25, -0.2) is 4.98 Å². The molecule has 1 aromatic carbocycles. The maximum absolute atomic E-state index is 6.23. The number of ether oxygens (including phenoxy) is 2. The van der Waals surface area contributed by atoms with E-state index in [9.17, 15) is 0 Å². The number of allylic oxidation sites excluding steroid dienone is 3. The number of para-hydroxylation sites is 1. The van der Waals surface area contributed by atoms with Crippen LogP contribution >= 0.6 is 0 Å². The number of benzene rings is 1. The van der Waals surface area contributed by atoms with Gasteiger partial charge in [0.2, 0.25) is 5.88 Å². The Morgan fingerprint density at radius 3 is 2.80 bits per heavy atom. The van der Waals surface area contributed by atoms with Crippen LogP contribution in [0.5, 0.6) is 11.6 Å². The summed E-state index contributed by atoms with van der Waals surface area (Å²) in [7, 11) is 0. The summed E-state index contributed by atoms with van der Waals surface area (Å²) >= 11 is 0. The van der Waals surface area contributed by atoms with Crippen LogP contribution in [0, 0.1) is 5.92 Å². The van der Waals surface area contributed by atoms with Crippen molar-refractivity contribution in [2.24, 2.45) is 5.92 Å². The fourth-order valence-electron chi connectivity index (χ4n) is 3.68. The van der Waals surface area contributed by atoms with Crippen molar-refractivity contribution in [2.45, 2.75) is 38.9 Å². The van der Waals surface area contributed by atoms with Crippen LogP contribution in [0.15, 0.2) is 72.0 Å². The molecule has 4 rings (SSSR count). The molecule has 0 saturated carbocycles. The third-order valence-electron chi connectivity index (χ3n) is 5.06. The maximum Gasteiger partial charge on any atom is 0.219 e. The molecule has 128 valence electrons. The second-order valence-electron chi connectivity index (χ2n) is 6.79. The van der Waals surface area contributed by atoms with Gasteiger partial charge in [-0.15, -0.1) is 0 Å². The molecule has 3 nitrogen and oxygen atoms in total. The van der Waals surface area contributed by atoms with E-state index in [1.807, 2.05) is 48.7 Å². The van der Waals surface area contributed by atoms with Crippen molar-refractivity contribution in [3.63, 3.8) is 0 Å². The molecule has 1 aromatic heterocycles. The van der Waals surface area contributed by atoms with Crippen molar-refractivity contribution in [1.29, 1.82) is 0 Å². The molecule has 2 aliphatic rings. The van der Waals surface area contributed by atoms with Gasteiger partial charge < -0.3 is 9.47 Å². The molecular formula is C22H23NO2. The third-order valence-corrected chi connectivity index (χ3v) is 5.06. The average Bonchev–Trinajstić information content (AvgIpc) is 3.14. The fraction of sp³-hybridized carbons (Fsp3) is 0.318. The lowest BCUT2D eigenvalue weighted by Gasteiger charge is -2.31. The van der Waals surface area contributed by atoms with Crippen molar-refractivity contribution in [3.05, 3.63) is 77.5 Å². The molecule has 0 fully saturated rings. The maximum atomic E-state index is 6.23. The minimum Gasteiger partial charge on any atom is -0.439 e. The summed E-state index contributed by atoms with van der Waals surface area (Å²) in [5, 5.41) is 0. The van der Waals surface area contributed by atoms with Crippen molar-refractivity contribution in [1.82, 2.24) is 4.98 Å². The molecule has 2 aromatic rings. The molecule has 0 N–H and O–H groups in total. The van der Waals surface area contributed by atoms with Gasteiger partial charge in [-0.1, -0.05) is 35.9 Å². The van der Waals surface area contributed by atoms with E-state index in [1.54, 1.807) is 0 Å². The molecule has 0 radical (unpaired) electrons. The Morgan fingerprint density at radius 1 is 1.12 bits per heavy atom. The SMILES string of the molecule is CC1=C2C=CC[C@@H]2[C@H](OCc2ccc(Oc3ccccc3)nc2)CC1. The van der Waals surface area contributed by atoms with E-state index in [0.717, 1.165) is 30.6 Å². The largest absolute Gasteiger partial charge is 0.439 e. The Hall–Kier alpha value is -2.39. The summed E-state index contributed by atoms with van der Waals surface area (Å²) in [4.78, 5) is 4.39. The molecule has 3 heteroatoms. The molecule has 2 atom stereocenters. The van der Waals surface area contributed by atoms with Crippen LogP contribution < -0.4 is 4.74 Å². The Balaban J connectivity index is 1.34. The lowest BCUT2D eigenvalue weighted by Crippen LogP contribution is -2.27. The van der Waals surface area contributed by atoms with Gasteiger partial charge in [-0.2, -0.15) is 0 Å². The molecule has 0 amide bonds. The predicted octanol–water partition coefficient (Wildman–Crippen LogP) is 5.45. The second kappa shape index (κ2) is 7.24. The standard InChI is InChI=1S/C22H23NO2/c1-16-10-12-21(20-9-5-8-19(16)20)24-15-17-11-13-22(23-14-17)25-18-6-3-2-4-7-18/h2-8,11,13-14,20-21H,9-10,12,15H2,1H3/t20-,21+/m0/s1. The number of nitrogens with zero attached hydrogens (tertiary/aromatic N) is 1. The topological polar surface area (TPSA) is 31.4 Å². The van der Waals surface area contributed by atoms with E-state index in [1.165, 1.54) is 11.1 Å². The number of hydrogen-bond donors (Lipinski definition) is 0. The van der Waals surface area contributed by atoms with E-state index in [0.29, 0.717) is 24.5 Å². The van der Waals surface area contributed by atoms with Gasteiger partial charge in [0, 0.05) is 18.2 Å². The van der Waals surface area contributed by atoms with Crippen LogP contribution in [0.1, 0.15) is 31.7 Å². The first-order valence-corrected chi connectivity index (χ1v) is 8.95. The van der Waals surface area contributed by atoms with E-state index in [2.05, 4.69) is 24.1 Å². The Bertz CT molecular complexity index is 777. The molecule has 2 aliphatic carbocycles. The van der Waals surface area contributed by atoms with Crippen molar-refractivity contribution >= 4 is 0 Å². The number of hydrogen-bond acceptors (Lipinski definition) is 3. The Kier molecular flexibility index (Phi) is 4.66. The number of pyridine rings is 1. The lowest BCUT2D eigenvalue weighted by molar-refractivity contribution is 0.00388. The third kappa shape index (κ3) is 3.67. The fourth-order valence-corrected chi connectivity index (χ4v) is 3.68. The highest BCUT2D eigenvalue weighted by molar-refractivity contribution is 5.35. The van der Waals surface area contributed by atoms with Gasteiger partial charge >= 0.3 is 0 Å². The van der Waals surface area contributed by atoms with Gasteiger partial charge in [-0.05, 0) is 55.5 Å². The molecule has 0 bridgehead atoms. The molecular weight excluding hydrogens is 310 g/mol. The summed E-state index contributed by atoms with van der Waals surface area (Å²) in [5.41, 5.74) is 4.11. The molecule has 1 heterocycles. The van der Waals surface area contributed by atoms with Crippen LogP contribution in [0.3, 0.4) is 0 Å². The Labute approximate surface area is 149 Å². The summed E-state index contributed by atoms with van der Waals surface area (Å²) in [6.07, 6.45) is 10.1. The highest BCUT2D eigenvalue weighted by Crippen LogP contribution is 2.39. The van der Waals surface area contributed by atoms with E-state index in [-0.39, 0.29) is 0 Å². The number of rotatable bonds is 5. The second-order valence-corrected chi connectivity index (χ2v) is 6.79. The minimum absolute atomic E-state index is 0.314. The van der Waals surface area contributed by atoms with Crippen LogP contribution in [0.4, 0.5) is 0 Å². The predicted molar refractivity (Wildman–Crippen MR) is 98.5 cm³/mol. The monoisotopic (exact) mass is 333 g/mol. The van der Waals surface area contributed by atoms with Gasteiger partial charge in [0.05, 0.1) is 12.7 Å².